The molecule has 1 aromatic rings. The predicted molar refractivity (Wildman–Crippen MR) is 88.3 cm³/mol. The average molecular weight is 318 g/mol. The van der Waals surface area contributed by atoms with Gasteiger partial charge in [-0.3, -0.25) is 4.90 Å². The summed E-state index contributed by atoms with van der Waals surface area (Å²) < 4.78 is 6.46. The van der Waals surface area contributed by atoms with Crippen LogP contribution in [0.15, 0.2) is 5.38 Å². The molecule has 4 aliphatic rings. The highest BCUT2D eigenvalue weighted by Crippen LogP contribution is 2.45. The molecule has 120 valence electrons. The van der Waals surface area contributed by atoms with Crippen molar-refractivity contribution in [3.05, 3.63) is 16.1 Å². The van der Waals surface area contributed by atoms with E-state index in [0.717, 1.165) is 17.9 Å². The molecular formula is C18H26N2OS. The van der Waals surface area contributed by atoms with Crippen molar-refractivity contribution in [3.8, 4) is 0 Å². The van der Waals surface area contributed by atoms with Crippen LogP contribution in [-0.4, -0.2) is 35.1 Å². The second-order valence-corrected chi connectivity index (χ2v) is 8.66. The molecule has 0 amide bonds. The second kappa shape index (κ2) is 5.57. The predicted octanol–water partition coefficient (Wildman–Crippen LogP) is 4.12. The Morgan fingerprint density at radius 2 is 2.00 bits per heavy atom. The van der Waals surface area contributed by atoms with Crippen LogP contribution in [0.25, 0.3) is 0 Å². The van der Waals surface area contributed by atoms with E-state index in [4.69, 9.17) is 9.72 Å². The monoisotopic (exact) mass is 318 g/mol. The largest absolute Gasteiger partial charge is 0.366 e. The summed E-state index contributed by atoms with van der Waals surface area (Å²) in [5.74, 6) is 1.54. The fourth-order valence-electron chi connectivity index (χ4n) is 4.73. The average Bonchev–Trinajstić information content (AvgIpc) is 3.02. The SMILES string of the molecule is c1sc([C@H]2C[C@@H]3CCN(C4CCCC4)C[C@H]3O2)nc1C1CC1. The third-order valence-corrected chi connectivity index (χ3v) is 7.19. The fourth-order valence-corrected chi connectivity index (χ4v) is 5.68. The van der Waals surface area contributed by atoms with Crippen molar-refractivity contribution in [2.24, 2.45) is 5.92 Å². The minimum Gasteiger partial charge on any atom is -0.366 e. The molecule has 4 fully saturated rings. The van der Waals surface area contributed by atoms with Gasteiger partial charge in [-0.2, -0.15) is 0 Å². The number of ether oxygens (including phenoxy) is 1. The minimum atomic E-state index is 0.288. The Morgan fingerprint density at radius 3 is 2.82 bits per heavy atom. The first-order valence-corrected chi connectivity index (χ1v) is 10.1. The normalized spacial score (nSPS) is 36.8. The van der Waals surface area contributed by atoms with Crippen LogP contribution in [-0.2, 0) is 4.74 Å². The van der Waals surface area contributed by atoms with Crippen LogP contribution in [0.3, 0.4) is 0 Å². The number of thiazole rings is 1. The van der Waals surface area contributed by atoms with Gasteiger partial charge in [0.05, 0.1) is 11.8 Å². The van der Waals surface area contributed by atoms with Gasteiger partial charge in [0.2, 0.25) is 0 Å². The van der Waals surface area contributed by atoms with Crippen molar-refractivity contribution < 1.29 is 4.74 Å². The van der Waals surface area contributed by atoms with Crippen molar-refractivity contribution >= 4 is 11.3 Å². The first-order valence-electron chi connectivity index (χ1n) is 9.21. The van der Waals surface area contributed by atoms with E-state index >= 15 is 0 Å². The van der Waals surface area contributed by atoms with Crippen molar-refractivity contribution in [2.75, 3.05) is 13.1 Å². The molecule has 22 heavy (non-hydrogen) atoms. The highest BCUT2D eigenvalue weighted by atomic mass is 32.1. The quantitative estimate of drug-likeness (QED) is 0.838. The number of likely N-dealkylation sites (tertiary alicyclic amines) is 1. The van der Waals surface area contributed by atoms with E-state index < -0.39 is 0 Å². The molecule has 5 rings (SSSR count). The maximum absolute atomic E-state index is 6.46. The topological polar surface area (TPSA) is 25.4 Å². The Hall–Kier alpha value is -0.450. The lowest BCUT2D eigenvalue weighted by atomic mass is 9.91. The van der Waals surface area contributed by atoms with Gasteiger partial charge in [0.15, 0.2) is 0 Å². The molecule has 2 saturated heterocycles. The third kappa shape index (κ3) is 2.53. The molecule has 2 aliphatic heterocycles. The number of hydrogen-bond acceptors (Lipinski definition) is 4. The second-order valence-electron chi connectivity index (χ2n) is 7.77. The molecule has 2 aliphatic carbocycles. The number of rotatable bonds is 3. The maximum atomic E-state index is 6.46. The molecule has 3 heterocycles. The first-order chi connectivity index (χ1) is 10.9. The number of aromatic nitrogens is 1. The zero-order valence-corrected chi connectivity index (χ0v) is 14.1. The van der Waals surface area contributed by atoms with E-state index in [9.17, 15) is 0 Å². The Labute approximate surface area is 137 Å². The molecule has 3 atom stereocenters. The van der Waals surface area contributed by atoms with Crippen molar-refractivity contribution in [1.82, 2.24) is 9.88 Å². The Bertz CT molecular complexity index is 535. The molecule has 2 saturated carbocycles. The van der Waals surface area contributed by atoms with E-state index in [0.29, 0.717) is 6.10 Å². The summed E-state index contributed by atoms with van der Waals surface area (Å²) in [6, 6.07) is 0.852. The van der Waals surface area contributed by atoms with Gasteiger partial charge in [-0.15, -0.1) is 11.3 Å². The van der Waals surface area contributed by atoms with Gasteiger partial charge in [0, 0.05) is 23.9 Å². The summed E-state index contributed by atoms with van der Waals surface area (Å²) in [5.41, 5.74) is 1.34. The lowest BCUT2D eigenvalue weighted by Gasteiger charge is -2.37. The van der Waals surface area contributed by atoms with Gasteiger partial charge < -0.3 is 4.74 Å². The van der Waals surface area contributed by atoms with Crippen LogP contribution >= 0.6 is 11.3 Å². The lowest BCUT2D eigenvalue weighted by molar-refractivity contribution is -0.0181. The number of hydrogen-bond donors (Lipinski definition) is 0. The molecule has 0 bridgehead atoms. The van der Waals surface area contributed by atoms with E-state index in [1.807, 2.05) is 11.3 Å². The van der Waals surface area contributed by atoms with Gasteiger partial charge in [-0.05, 0) is 51.0 Å². The number of piperidine rings is 1. The Morgan fingerprint density at radius 1 is 1.14 bits per heavy atom. The van der Waals surface area contributed by atoms with Crippen LogP contribution in [0.2, 0.25) is 0 Å². The summed E-state index contributed by atoms with van der Waals surface area (Å²) in [4.78, 5) is 7.62. The van der Waals surface area contributed by atoms with Gasteiger partial charge in [0.1, 0.15) is 11.1 Å². The molecule has 3 nitrogen and oxygen atoms in total. The molecule has 4 heteroatoms. The third-order valence-electron chi connectivity index (χ3n) is 6.24. The lowest BCUT2D eigenvalue weighted by Crippen LogP contribution is -2.46. The van der Waals surface area contributed by atoms with Crippen molar-refractivity contribution in [1.29, 1.82) is 0 Å². The molecule has 0 N–H and O–H groups in total. The first kappa shape index (κ1) is 13.9. The maximum Gasteiger partial charge on any atom is 0.122 e. The highest BCUT2D eigenvalue weighted by molar-refractivity contribution is 7.09. The van der Waals surface area contributed by atoms with Gasteiger partial charge >= 0.3 is 0 Å². The van der Waals surface area contributed by atoms with Crippen LogP contribution < -0.4 is 0 Å². The van der Waals surface area contributed by atoms with Crippen molar-refractivity contribution in [2.45, 2.75) is 75.5 Å². The van der Waals surface area contributed by atoms with Crippen LogP contribution in [0.5, 0.6) is 0 Å². The highest BCUT2D eigenvalue weighted by Gasteiger charge is 2.42. The van der Waals surface area contributed by atoms with Crippen LogP contribution in [0, 0.1) is 5.92 Å². The fraction of sp³-hybridized carbons (Fsp3) is 0.833. The summed E-state index contributed by atoms with van der Waals surface area (Å²) in [7, 11) is 0. The van der Waals surface area contributed by atoms with Crippen LogP contribution in [0.1, 0.15) is 74.1 Å². The molecule has 1 aromatic heterocycles. The smallest absolute Gasteiger partial charge is 0.122 e. The summed E-state index contributed by atoms with van der Waals surface area (Å²) in [5, 5.41) is 3.53. The molecule has 0 aromatic carbocycles. The zero-order valence-electron chi connectivity index (χ0n) is 13.2. The standard InChI is InChI=1S/C18H26N2OS/c1-2-4-14(3-1)20-8-7-13-9-16(21-17(13)10-20)18-19-15(11-22-18)12-5-6-12/h11-14,16-17H,1-10H2/t13-,16+,17+/m0/s1. The summed E-state index contributed by atoms with van der Waals surface area (Å²) in [6.07, 6.45) is 11.7. The number of nitrogens with zero attached hydrogens (tertiary/aromatic N) is 2. The van der Waals surface area contributed by atoms with Crippen molar-refractivity contribution in [3.63, 3.8) is 0 Å². The van der Waals surface area contributed by atoms with Gasteiger partial charge in [0.25, 0.3) is 0 Å². The van der Waals surface area contributed by atoms with Gasteiger partial charge in [-0.1, -0.05) is 12.8 Å². The zero-order chi connectivity index (χ0) is 14.5. The molecule has 0 spiro atoms. The van der Waals surface area contributed by atoms with E-state index in [1.165, 1.54) is 75.2 Å². The van der Waals surface area contributed by atoms with Gasteiger partial charge in [-0.25, -0.2) is 4.98 Å². The summed E-state index contributed by atoms with van der Waals surface area (Å²) >= 11 is 1.84. The minimum absolute atomic E-state index is 0.288. The molecular weight excluding hydrogens is 292 g/mol. The Balaban J connectivity index is 1.25. The van der Waals surface area contributed by atoms with E-state index in [-0.39, 0.29) is 6.10 Å². The number of fused-ring (bicyclic) bond motifs is 1. The summed E-state index contributed by atoms with van der Waals surface area (Å²) in [6.45, 7) is 2.47. The van der Waals surface area contributed by atoms with E-state index in [2.05, 4.69) is 10.3 Å². The Kier molecular flexibility index (Phi) is 3.53. The molecule has 0 unspecified atom stereocenters. The molecule has 0 radical (unpaired) electrons. The van der Waals surface area contributed by atoms with E-state index in [1.54, 1.807) is 0 Å². The van der Waals surface area contributed by atoms with Crippen LogP contribution in [0.4, 0.5) is 0 Å².